The first-order valence-corrected chi connectivity index (χ1v) is 4.77. The maximum atomic E-state index is 9.18. The highest BCUT2D eigenvalue weighted by Crippen LogP contribution is 2.24. The molecule has 0 heterocycles. The van der Waals surface area contributed by atoms with Crippen LogP contribution in [-0.2, 0) is 0 Å². The Morgan fingerprint density at radius 2 is 2.18 bits per heavy atom. The molecule has 0 saturated carbocycles. The molecule has 0 aromatic carbocycles. The number of hydrogen-bond donors (Lipinski definition) is 1. The molecule has 0 saturated heterocycles. The molecular weight excluding hydrogens is 156 g/mol. The zero-order valence-corrected chi connectivity index (χ0v) is 7.61. The Bertz CT molecular complexity index is 236. The van der Waals surface area contributed by atoms with E-state index in [1.807, 2.05) is 18.4 Å². The molecule has 0 unspecified atom stereocenters. The fraction of sp³-hybridized carbons (Fsp3) is 0.333. The minimum absolute atomic E-state index is 0.438. The van der Waals surface area contributed by atoms with Gasteiger partial charge in [0.2, 0.25) is 0 Å². The van der Waals surface area contributed by atoms with Crippen molar-refractivity contribution in [3.05, 3.63) is 34.5 Å². The smallest absolute Gasteiger partial charge is 0.0960 e. The first kappa shape index (κ1) is 8.47. The maximum Gasteiger partial charge on any atom is 0.0960 e. The van der Waals surface area contributed by atoms with Gasteiger partial charge in [0, 0.05) is 11.3 Å². The number of aliphatic hydroxyl groups excluding tert-OH is 1. The van der Waals surface area contributed by atoms with Crippen LogP contribution in [-0.4, -0.2) is 11.4 Å². The predicted octanol–water partition coefficient (Wildman–Crippen LogP) is 3.03. The zero-order chi connectivity index (χ0) is 8.27. The summed E-state index contributed by atoms with van der Waals surface area (Å²) in [5.41, 5.74) is 1.25. The summed E-state index contributed by atoms with van der Waals surface area (Å²) >= 11 is 1.71. The molecule has 1 rings (SSSR count). The van der Waals surface area contributed by atoms with Crippen molar-refractivity contribution >= 4 is 11.8 Å². The minimum atomic E-state index is 0.438. The average molecular weight is 168 g/mol. The molecule has 0 amide bonds. The van der Waals surface area contributed by atoms with E-state index < -0.39 is 0 Å². The number of allylic oxidation sites excluding steroid dienone is 4. The van der Waals surface area contributed by atoms with Crippen molar-refractivity contribution < 1.29 is 5.11 Å². The van der Waals surface area contributed by atoms with Crippen molar-refractivity contribution in [1.82, 2.24) is 0 Å². The lowest BCUT2D eigenvalue weighted by molar-refractivity contribution is 0.401. The molecule has 0 aromatic rings. The van der Waals surface area contributed by atoms with Gasteiger partial charge in [-0.25, -0.2) is 0 Å². The van der Waals surface area contributed by atoms with Gasteiger partial charge in [0.25, 0.3) is 0 Å². The Morgan fingerprint density at radius 1 is 1.45 bits per heavy atom. The van der Waals surface area contributed by atoms with Gasteiger partial charge in [-0.3, -0.25) is 0 Å². The van der Waals surface area contributed by atoms with Crippen LogP contribution in [0, 0.1) is 0 Å². The monoisotopic (exact) mass is 168 g/mol. The minimum Gasteiger partial charge on any atom is -0.512 e. The van der Waals surface area contributed by atoms with Crippen molar-refractivity contribution in [2.24, 2.45) is 0 Å². The van der Waals surface area contributed by atoms with E-state index in [4.69, 9.17) is 0 Å². The van der Waals surface area contributed by atoms with Crippen molar-refractivity contribution in [3.63, 3.8) is 0 Å². The first-order valence-electron chi connectivity index (χ1n) is 3.55. The third-order valence-corrected chi connectivity index (χ3v) is 2.55. The SMILES string of the molecule is CSC1=CC=C(O)CC=C1C. The molecule has 60 valence electrons. The molecule has 0 aliphatic heterocycles. The van der Waals surface area contributed by atoms with Crippen molar-refractivity contribution in [1.29, 1.82) is 0 Å². The zero-order valence-electron chi connectivity index (χ0n) is 6.79. The Balaban J connectivity index is 2.89. The second-order valence-corrected chi connectivity index (χ2v) is 3.33. The standard InChI is InChI=1S/C9H12OS/c1-7-3-4-8(10)5-6-9(7)11-2/h3,5-6,10H,4H2,1-2H3. The fourth-order valence-electron chi connectivity index (χ4n) is 0.959. The third-order valence-electron chi connectivity index (χ3n) is 1.65. The predicted molar refractivity (Wildman–Crippen MR) is 50.7 cm³/mol. The van der Waals surface area contributed by atoms with Crippen molar-refractivity contribution in [2.45, 2.75) is 13.3 Å². The summed E-state index contributed by atoms with van der Waals surface area (Å²) in [4.78, 5) is 1.23. The van der Waals surface area contributed by atoms with Crippen LogP contribution in [0.15, 0.2) is 34.5 Å². The second-order valence-electron chi connectivity index (χ2n) is 2.48. The highest BCUT2D eigenvalue weighted by molar-refractivity contribution is 8.02. The van der Waals surface area contributed by atoms with Crippen molar-refractivity contribution in [2.75, 3.05) is 6.26 Å². The molecular formula is C9H12OS. The lowest BCUT2D eigenvalue weighted by Crippen LogP contribution is -1.77. The molecule has 1 aliphatic rings. The lowest BCUT2D eigenvalue weighted by atomic mass is 10.2. The topological polar surface area (TPSA) is 20.2 Å². The van der Waals surface area contributed by atoms with Crippen LogP contribution in [0.2, 0.25) is 0 Å². The normalized spacial score (nSPS) is 18.2. The average Bonchev–Trinajstić information content (AvgIpc) is 2.15. The number of rotatable bonds is 1. The molecule has 2 heteroatoms. The van der Waals surface area contributed by atoms with Gasteiger partial charge in [0.05, 0.1) is 5.76 Å². The fourth-order valence-corrected chi connectivity index (χ4v) is 1.57. The van der Waals surface area contributed by atoms with E-state index in [0.29, 0.717) is 12.2 Å². The maximum absolute atomic E-state index is 9.18. The number of thioether (sulfide) groups is 1. The molecule has 11 heavy (non-hydrogen) atoms. The van der Waals surface area contributed by atoms with Gasteiger partial charge in [0.15, 0.2) is 0 Å². The Kier molecular flexibility index (Phi) is 2.83. The van der Waals surface area contributed by atoms with Gasteiger partial charge in [-0.2, -0.15) is 0 Å². The van der Waals surface area contributed by atoms with E-state index in [9.17, 15) is 5.11 Å². The van der Waals surface area contributed by atoms with Gasteiger partial charge in [0.1, 0.15) is 0 Å². The quantitative estimate of drug-likeness (QED) is 0.649. The summed E-state index contributed by atoms with van der Waals surface area (Å²) in [7, 11) is 0. The molecule has 1 nitrogen and oxygen atoms in total. The van der Waals surface area contributed by atoms with Crippen LogP contribution < -0.4 is 0 Å². The summed E-state index contributed by atoms with van der Waals surface area (Å²) < 4.78 is 0. The first-order chi connectivity index (χ1) is 5.24. The van der Waals surface area contributed by atoms with E-state index in [2.05, 4.69) is 6.92 Å². The van der Waals surface area contributed by atoms with Crippen LogP contribution >= 0.6 is 11.8 Å². The van der Waals surface area contributed by atoms with Crippen LogP contribution in [0.5, 0.6) is 0 Å². The number of aliphatic hydroxyl groups is 1. The van der Waals surface area contributed by atoms with Gasteiger partial charge >= 0.3 is 0 Å². The van der Waals surface area contributed by atoms with E-state index in [1.54, 1.807) is 17.8 Å². The van der Waals surface area contributed by atoms with Gasteiger partial charge in [-0.1, -0.05) is 6.08 Å². The lowest BCUT2D eigenvalue weighted by Gasteiger charge is -1.99. The summed E-state index contributed by atoms with van der Waals surface area (Å²) in [6.07, 6.45) is 8.46. The summed E-state index contributed by atoms with van der Waals surface area (Å²) in [5, 5.41) is 9.18. The molecule has 0 bridgehead atoms. The highest BCUT2D eigenvalue weighted by atomic mass is 32.2. The molecule has 0 fully saturated rings. The molecule has 1 aliphatic carbocycles. The Labute approximate surface area is 71.5 Å². The van der Waals surface area contributed by atoms with Crippen LogP contribution in [0.3, 0.4) is 0 Å². The Hall–Kier alpha value is -0.630. The summed E-state index contributed by atoms with van der Waals surface area (Å²) in [5.74, 6) is 0.438. The van der Waals surface area contributed by atoms with E-state index >= 15 is 0 Å². The second kappa shape index (κ2) is 3.67. The van der Waals surface area contributed by atoms with Crippen LogP contribution in [0.4, 0.5) is 0 Å². The van der Waals surface area contributed by atoms with Gasteiger partial charge in [-0.15, -0.1) is 11.8 Å². The molecule has 0 aromatic heterocycles. The van der Waals surface area contributed by atoms with E-state index in [-0.39, 0.29) is 0 Å². The van der Waals surface area contributed by atoms with Gasteiger partial charge in [-0.05, 0) is 30.9 Å². The molecule has 1 N–H and O–H groups in total. The van der Waals surface area contributed by atoms with Crippen LogP contribution in [0.25, 0.3) is 0 Å². The molecule has 0 atom stereocenters. The third kappa shape index (κ3) is 2.15. The van der Waals surface area contributed by atoms with Gasteiger partial charge < -0.3 is 5.11 Å². The van der Waals surface area contributed by atoms with E-state index in [1.165, 1.54) is 10.5 Å². The van der Waals surface area contributed by atoms with Crippen molar-refractivity contribution in [3.8, 4) is 0 Å². The molecule has 0 spiro atoms. The molecule has 0 radical (unpaired) electrons. The van der Waals surface area contributed by atoms with E-state index in [0.717, 1.165) is 0 Å². The largest absolute Gasteiger partial charge is 0.512 e. The van der Waals surface area contributed by atoms with Crippen LogP contribution in [0.1, 0.15) is 13.3 Å². The number of hydrogen-bond acceptors (Lipinski definition) is 2. The Morgan fingerprint density at radius 3 is 2.82 bits per heavy atom. The summed E-state index contributed by atoms with van der Waals surface area (Å²) in [6, 6.07) is 0. The highest BCUT2D eigenvalue weighted by Gasteiger charge is 2.01. The summed E-state index contributed by atoms with van der Waals surface area (Å²) in [6.45, 7) is 2.06.